The molecule has 14 rings (SSSR count). The van der Waals surface area contributed by atoms with Gasteiger partial charge in [0.15, 0.2) is 17.1 Å². The second-order valence-electron chi connectivity index (χ2n) is 29.1. The third kappa shape index (κ3) is 28.2. The van der Waals surface area contributed by atoms with Crippen LogP contribution in [0.3, 0.4) is 0 Å². The first kappa shape index (κ1) is 95.7. The summed E-state index contributed by atoms with van der Waals surface area (Å²) in [7, 11) is 1.16. The number of rotatable bonds is 20. The third-order valence-electron chi connectivity index (χ3n) is 19.0. The van der Waals surface area contributed by atoms with E-state index in [1.165, 1.54) is 110 Å². The van der Waals surface area contributed by atoms with Crippen molar-refractivity contribution in [2.45, 2.75) is 117 Å². The van der Waals surface area contributed by atoms with Crippen LogP contribution in [-0.2, 0) is 72.6 Å². The average Bonchev–Trinajstić information content (AvgIpc) is 0.818. The second-order valence-corrected chi connectivity index (χ2v) is 29.5. The molecule has 0 amide bonds. The molecule has 2 unspecified atom stereocenters. The largest absolute Gasteiger partial charge is 0.467 e. The Bertz CT molecular complexity index is 6020. The highest BCUT2D eigenvalue weighted by atomic mass is 35.5. The Balaban J connectivity index is 0.000000166. The highest BCUT2D eigenvalue weighted by Gasteiger charge is 2.41. The molecule has 14 aromatic rings. The lowest BCUT2D eigenvalue weighted by Gasteiger charge is -2.20. The molecule has 8 aromatic heterocycles. The molecule has 0 aliphatic rings. The van der Waals surface area contributed by atoms with Crippen molar-refractivity contribution in [3.8, 4) is 56.3 Å². The van der Waals surface area contributed by atoms with Gasteiger partial charge in [-0.25, -0.2) is 38.5 Å². The number of hydrogen-bond donors (Lipinski definition) is 3. The maximum absolute atomic E-state index is 13.5. The number of pyridine rings is 8. The molecule has 0 spiro atoms. The number of aromatic nitrogens is 8. The summed E-state index contributed by atoms with van der Waals surface area (Å²) in [5, 5.41) is 8.69. The monoisotopic (exact) mass is 1780 g/mol. The molecule has 2 atom stereocenters. The van der Waals surface area contributed by atoms with Gasteiger partial charge in [-0.1, -0.05) is 151 Å². The van der Waals surface area contributed by atoms with Gasteiger partial charge in [-0.15, -0.1) is 0 Å². The standard InChI is InChI=1S/C21H19F3N2.C20H16ClF3N2.C20H16F4N2.C19H14F4N2.C16H16F3N3O2/c1-14-3-5-16(6-4-14)7-8-17-9-10-19(26-20(17)21(22,23)24)18-11-15(2)12-25-13-18;1-13-9-16(12-25-11-13)18-8-7-15(19(26-18)20(22,23)24)6-5-14-3-2-4-17(21)10-14;1-13(14-6-3-2-4-7-14)25-18-11-10-17(26-19(18)20(22,23)24)15-8-5-9-16(21)12-15;20-15-8-4-7-14(11-15)16-9-10-17(18(25-16)19(21,22)23)24-12-13-5-2-1-3-6-13;1-9-6-11(8-20-7-9)12-4-5-13(14(22-12)16(17,18)19)21-10(2)15(23)24-3/h3-6,9-13H,7-8H2,1-2H3;2-4,7-12H,5-6H2,1H3;2-13,25H,1H3;1-11,24H,12H2;4-8,10,21H,1-3H3. The highest BCUT2D eigenvalue weighted by Crippen LogP contribution is 2.41. The van der Waals surface area contributed by atoms with E-state index in [1.54, 1.807) is 81.0 Å². The van der Waals surface area contributed by atoms with Crippen LogP contribution in [-0.4, -0.2) is 59.0 Å². The van der Waals surface area contributed by atoms with Gasteiger partial charge in [0.25, 0.3) is 0 Å². The van der Waals surface area contributed by atoms with Crippen molar-refractivity contribution in [3.05, 3.63) is 375 Å². The maximum atomic E-state index is 13.5. The van der Waals surface area contributed by atoms with Gasteiger partial charge in [0.05, 0.1) is 52.6 Å². The molecule has 31 heteroatoms. The summed E-state index contributed by atoms with van der Waals surface area (Å²) in [6, 6.07) is 62.3. The molecule has 0 aliphatic carbocycles. The summed E-state index contributed by atoms with van der Waals surface area (Å²) in [5.74, 6) is -1.73. The van der Waals surface area contributed by atoms with Crippen LogP contribution in [0.5, 0.6) is 0 Å². The van der Waals surface area contributed by atoms with Gasteiger partial charge in [0.1, 0.15) is 29.1 Å². The van der Waals surface area contributed by atoms with E-state index in [4.69, 9.17) is 11.6 Å². The summed E-state index contributed by atoms with van der Waals surface area (Å²) in [5.41, 5.74) is 5.37. The summed E-state index contributed by atoms with van der Waals surface area (Å²) < 4.78 is 233. The van der Waals surface area contributed by atoms with E-state index in [9.17, 15) is 79.4 Å². The molecular formula is C96H81ClF17N11O2. The van der Waals surface area contributed by atoms with Crippen LogP contribution in [0.2, 0.25) is 5.02 Å². The number of halogens is 18. The van der Waals surface area contributed by atoms with Crippen LogP contribution in [0.1, 0.15) is 104 Å². The minimum atomic E-state index is -4.68. The van der Waals surface area contributed by atoms with Crippen LogP contribution in [0.25, 0.3) is 56.3 Å². The molecule has 0 saturated carbocycles. The van der Waals surface area contributed by atoms with E-state index < -0.39 is 83.0 Å². The first-order valence-electron chi connectivity index (χ1n) is 39.1. The second kappa shape index (κ2) is 42.9. The third-order valence-corrected chi connectivity index (χ3v) is 19.3. The van der Waals surface area contributed by atoms with E-state index >= 15 is 0 Å². The summed E-state index contributed by atoms with van der Waals surface area (Å²) in [6.07, 6.45) is -12.0. The zero-order chi connectivity index (χ0) is 92.0. The molecule has 3 N–H and O–H groups in total. The smallest absolute Gasteiger partial charge is 0.435 e. The zero-order valence-electron chi connectivity index (χ0n) is 68.9. The normalized spacial score (nSPS) is 11.9. The average molecular weight is 1780 g/mol. The number of anilines is 3. The predicted octanol–water partition coefficient (Wildman–Crippen LogP) is 26.5. The Hall–Kier alpha value is -13.5. The van der Waals surface area contributed by atoms with Crippen molar-refractivity contribution in [3.63, 3.8) is 0 Å². The molecule has 6 aromatic carbocycles. The molecule has 13 nitrogen and oxygen atoms in total. The lowest BCUT2D eigenvalue weighted by Crippen LogP contribution is -2.28. The van der Waals surface area contributed by atoms with Crippen molar-refractivity contribution in [1.82, 2.24) is 39.9 Å². The van der Waals surface area contributed by atoms with Crippen LogP contribution in [0.4, 0.5) is 91.7 Å². The van der Waals surface area contributed by atoms with Gasteiger partial charge in [-0.3, -0.25) is 15.0 Å². The molecule has 0 saturated heterocycles. The molecular weight excluding hydrogens is 1700 g/mol. The van der Waals surface area contributed by atoms with Crippen molar-refractivity contribution in [2.75, 3.05) is 23.1 Å². The molecule has 658 valence electrons. The Kier molecular flexibility index (Phi) is 32.3. The summed E-state index contributed by atoms with van der Waals surface area (Å²) in [4.78, 5) is 42.4. The van der Waals surface area contributed by atoms with Gasteiger partial charge in [-0.2, -0.15) is 65.9 Å². The first-order chi connectivity index (χ1) is 60.1. The summed E-state index contributed by atoms with van der Waals surface area (Å²) >= 11 is 5.93. The van der Waals surface area contributed by atoms with Crippen molar-refractivity contribution in [2.24, 2.45) is 0 Å². The molecule has 0 radical (unpaired) electrons. The van der Waals surface area contributed by atoms with E-state index in [-0.39, 0.29) is 87.7 Å². The quantitative estimate of drug-likeness (QED) is 0.0488. The lowest BCUT2D eigenvalue weighted by atomic mass is 10.0. The van der Waals surface area contributed by atoms with Crippen molar-refractivity contribution >= 4 is 34.6 Å². The van der Waals surface area contributed by atoms with Crippen molar-refractivity contribution < 1.29 is 84.2 Å². The number of ether oxygens (including phenoxy) is 1. The highest BCUT2D eigenvalue weighted by molar-refractivity contribution is 6.30. The Morgan fingerprint density at radius 3 is 1.13 bits per heavy atom. The number of methoxy groups -OCH3 is 1. The lowest BCUT2D eigenvalue weighted by molar-refractivity contribution is -0.142. The Morgan fingerprint density at radius 1 is 0.354 bits per heavy atom. The fourth-order valence-electron chi connectivity index (χ4n) is 12.8. The number of esters is 1. The number of nitrogens with zero attached hydrogens (tertiary/aromatic N) is 8. The fraction of sp³-hybridized carbons (Fsp3) is 0.198. The van der Waals surface area contributed by atoms with Crippen LogP contribution < -0.4 is 16.0 Å². The van der Waals surface area contributed by atoms with E-state index in [0.29, 0.717) is 40.1 Å². The zero-order valence-corrected chi connectivity index (χ0v) is 69.6. The topological polar surface area (TPSA) is 166 Å². The molecule has 127 heavy (non-hydrogen) atoms. The maximum Gasteiger partial charge on any atom is 0.435 e. The molecule has 0 bridgehead atoms. The number of alkyl halides is 15. The van der Waals surface area contributed by atoms with Gasteiger partial charge in [0, 0.05) is 82.6 Å². The number of carbonyl (C=O) groups excluding carboxylic acids is 1. The van der Waals surface area contributed by atoms with Gasteiger partial charge >= 0.3 is 36.9 Å². The van der Waals surface area contributed by atoms with Gasteiger partial charge < -0.3 is 20.7 Å². The number of nitrogens with one attached hydrogen (secondary N) is 3. The van der Waals surface area contributed by atoms with Crippen LogP contribution >= 0.6 is 11.6 Å². The van der Waals surface area contributed by atoms with Crippen molar-refractivity contribution in [1.29, 1.82) is 0 Å². The Labute approximate surface area is 725 Å². The number of benzene rings is 6. The van der Waals surface area contributed by atoms with E-state index in [2.05, 4.69) is 60.6 Å². The van der Waals surface area contributed by atoms with Crippen LogP contribution in [0, 0.1) is 39.3 Å². The Morgan fingerprint density at radius 2 is 0.724 bits per heavy atom. The molecule has 0 fully saturated rings. The SMILES string of the molecule is CC(Nc1ccc(-c2cccc(F)c2)nc1C(F)(F)F)c1ccccc1.COC(=O)C(C)Nc1ccc(-c2cncc(C)c2)nc1C(F)(F)F.Cc1ccc(CCc2ccc(-c3cncc(C)c3)nc2C(F)(F)F)cc1.Cc1cncc(-c2ccc(CCc3cccc(Cl)c3)c(C(F)(F)F)n2)c1.Fc1cccc(-c2ccc(NCc3ccccc3)c(C(F)(F)F)n2)c1. The molecule has 8 heterocycles. The molecule has 0 aliphatic heterocycles. The number of hydrogen-bond acceptors (Lipinski definition) is 13. The summed E-state index contributed by atoms with van der Waals surface area (Å²) in [6.45, 7) is 10.9. The minimum Gasteiger partial charge on any atom is -0.467 e. The first-order valence-corrected chi connectivity index (χ1v) is 39.4. The van der Waals surface area contributed by atoms with E-state index in [1.807, 2.05) is 112 Å². The number of carbonyl (C=O) groups is 1. The van der Waals surface area contributed by atoms with Gasteiger partial charge in [0.2, 0.25) is 0 Å². The van der Waals surface area contributed by atoms with Gasteiger partial charge in [-0.05, 0) is 220 Å². The number of aryl methyl sites for hydroxylation is 8. The fourth-order valence-corrected chi connectivity index (χ4v) is 13.0. The minimum absolute atomic E-state index is 0.0646. The van der Waals surface area contributed by atoms with Crippen LogP contribution in [0.15, 0.2) is 274 Å². The predicted molar refractivity (Wildman–Crippen MR) is 456 cm³/mol. The van der Waals surface area contributed by atoms with E-state index in [0.717, 1.165) is 63.8 Å².